The minimum Gasteiger partial charge on any atom is -0.353 e. The summed E-state index contributed by atoms with van der Waals surface area (Å²) >= 11 is 7.27. The maximum atomic E-state index is 12.5. The summed E-state index contributed by atoms with van der Waals surface area (Å²) in [5, 5.41) is 0. The summed E-state index contributed by atoms with van der Waals surface area (Å²) in [5.74, 6) is 2.01. The third kappa shape index (κ3) is 3.30. The van der Waals surface area contributed by atoms with E-state index in [0.29, 0.717) is 28.3 Å². The zero-order valence-corrected chi connectivity index (χ0v) is 15.6. The lowest BCUT2D eigenvalue weighted by Crippen LogP contribution is -2.48. The number of hydrogen-bond donors (Lipinski definition) is 0. The monoisotopic (exact) mass is 377 g/mol. The molecular formula is C17H20ClN5OS. The minimum absolute atomic E-state index is 0.0646. The number of carbonyl (C=O) groups is 1. The van der Waals surface area contributed by atoms with Crippen molar-refractivity contribution < 1.29 is 4.79 Å². The Bertz CT molecular complexity index is 763. The molecule has 1 aromatic rings. The van der Waals surface area contributed by atoms with Gasteiger partial charge in [0, 0.05) is 38.8 Å². The number of aliphatic imine (C=N–C) groups is 2. The van der Waals surface area contributed by atoms with Gasteiger partial charge >= 0.3 is 0 Å². The largest absolute Gasteiger partial charge is 0.353 e. The molecule has 1 amide bonds. The molecule has 0 N–H and O–H groups in total. The molecule has 132 valence electrons. The number of hydrogen-bond acceptors (Lipinski definition) is 6. The Morgan fingerprint density at radius 2 is 2.12 bits per heavy atom. The first-order valence-electron chi connectivity index (χ1n) is 8.54. The Hall–Kier alpha value is -1.86. The van der Waals surface area contributed by atoms with E-state index in [4.69, 9.17) is 16.6 Å². The molecule has 0 aliphatic carbocycles. The van der Waals surface area contributed by atoms with Gasteiger partial charge in [0.05, 0.1) is 21.6 Å². The molecule has 4 heterocycles. The molecule has 6 nitrogen and oxygen atoms in total. The van der Waals surface area contributed by atoms with Gasteiger partial charge in [-0.1, -0.05) is 18.5 Å². The van der Waals surface area contributed by atoms with Crippen molar-refractivity contribution in [3.8, 4) is 0 Å². The maximum absolute atomic E-state index is 12.5. The third-order valence-corrected chi connectivity index (χ3v) is 5.97. The van der Waals surface area contributed by atoms with Crippen LogP contribution in [0.25, 0.3) is 0 Å². The summed E-state index contributed by atoms with van der Waals surface area (Å²) in [7, 11) is 0. The van der Waals surface area contributed by atoms with Crippen molar-refractivity contribution >= 4 is 41.0 Å². The standard InChI is InChI=1S/C17H20ClN5OS/c1-2-12-10-23-11-19-15(9-16(23)20-12)21-5-7-22(8-6-21)17(24)13-3-4-14(18)25-13/h3-4,9,11-12H,2,5-8,10H2,1H3/t12-/m1/s1. The van der Waals surface area contributed by atoms with Gasteiger partial charge in [-0.25, -0.2) is 4.99 Å². The predicted octanol–water partition coefficient (Wildman–Crippen LogP) is 2.54. The lowest BCUT2D eigenvalue weighted by molar-refractivity contribution is 0.0673. The second-order valence-electron chi connectivity index (χ2n) is 6.33. The van der Waals surface area contributed by atoms with Crippen LogP contribution in [0, 0.1) is 0 Å². The number of carbonyl (C=O) groups excluding carboxylic acids is 1. The summed E-state index contributed by atoms with van der Waals surface area (Å²) < 4.78 is 0.649. The zero-order chi connectivity index (χ0) is 17.4. The van der Waals surface area contributed by atoms with Crippen LogP contribution in [0.1, 0.15) is 23.0 Å². The first kappa shape index (κ1) is 16.6. The summed E-state index contributed by atoms with van der Waals surface area (Å²) in [6.07, 6.45) is 4.99. The SMILES string of the molecule is CC[C@@H]1CN2C=NC(N3CCN(C(=O)c4ccc(Cl)s4)CC3)=CC2=N1. The van der Waals surface area contributed by atoms with Crippen molar-refractivity contribution in [3.63, 3.8) is 0 Å². The number of thiophene rings is 1. The number of amidine groups is 1. The number of nitrogens with zero attached hydrogens (tertiary/aromatic N) is 5. The third-order valence-electron chi connectivity index (χ3n) is 4.75. The Morgan fingerprint density at radius 1 is 1.32 bits per heavy atom. The highest BCUT2D eigenvalue weighted by atomic mass is 35.5. The average Bonchev–Trinajstić information content (AvgIpc) is 3.26. The molecule has 3 aliphatic rings. The molecule has 0 radical (unpaired) electrons. The molecule has 0 unspecified atom stereocenters. The second-order valence-corrected chi connectivity index (χ2v) is 8.05. The van der Waals surface area contributed by atoms with Gasteiger partial charge < -0.3 is 14.7 Å². The second kappa shape index (κ2) is 6.80. The van der Waals surface area contributed by atoms with Crippen LogP contribution in [0.4, 0.5) is 0 Å². The van der Waals surface area contributed by atoms with Crippen LogP contribution in [0.15, 0.2) is 34.0 Å². The first-order valence-corrected chi connectivity index (χ1v) is 9.73. The molecular weight excluding hydrogens is 358 g/mol. The molecule has 1 aromatic heterocycles. The van der Waals surface area contributed by atoms with Gasteiger partial charge in [0.2, 0.25) is 0 Å². The number of halogens is 1. The van der Waals surface area contributed by atoms with Crippen LogP contribution in [-0.2, 0) is 0 Å². The molecule has 1 atom stereocenters. The molecule has 0 spiro atoms. The Labute approximate surface area is 156 Å². The van der Waals surface area contributed by atoms with Crippen LogP contribution in [0.5, 0.6) is 0 Å². The van der Waals surface area contributed by atoms with Crippen LogP contribution in [0.2, 0.25) is 4.34 Å². The fourth-order valence-corrected chi connectivity index (χ4v) is 4.26. The first-order chi connectivity index (χ1) is 12.1. The fourth-order valence-electron chi connectivity index (χ4n) is 3.25. The van der Waals surface area contributed by atoms with Crippen LogP contribution in [0.3, 0.4) is 0 Å². The number of piperazine rings is 1. The highest BCUT2D eigenvalue weighted by Gasteiger charge is 2.28. The minimum atomic E-state index is 0.0646. The molecule has 3 aliphatic heterocycles. The van der Waals surface area contributed by atoms with E-state index in [1.807, 2.05) is 11.2 Å². The van der Waals surface area contributed by atoms with Crippen molar-refractivity contribution in [1.82, 2.24) is 14.7 Å². The fraction of sp³-hybridized carbons (Fsp3) is 0.471. The van der Waals surface area contributed by atoms with E-state index in [2.05, 4.69) is 27.8 Å². The Balaban J connectivity index is 1.39. The number of fused-ring (bicyclic) bond motifs is 1. The van der Waals surface area contributed by atoms with Crippen molar-refractivity contribution in [1.29, 1.82) is 0 Å². The highest BCUT2D eigenvalue weighted by Crippen LogP contribution is 2.24. The molecule has 1 saturated heterocycles. The zero-order valence-electron chi connectivity index (χ0n) is 14.1. The van der Waals surface area contributed by atoms with E-state index in [-0.39, 0.29) is 5.91 Å². The smallest absolute Gasteiger partial charge is 0.264 e. The van der Waals surface area contributed by atoms with Gasteiger partial charge in [0.15, 0.2) is 0 Å². The van der Waals surface area contributed by atoms with E-state index < -0.39 is 0 Å². The Kier molecular flexibility index (Phi) is 4.52. The van der Waals surface area contributed by atoms with Crippen LogP contribution >= 0.6 is 22.9 Å². The normalized spacial score (nSPS) is 22.8. The van der Waals surface area contributed by atoms with Gasteiger partial charge in [-0.05, 0) is 18.6 Å². The summed E-state index contributed by atoms with van der Waals surface area (Å²) in [5.41, 5.74) is 0. The number of rotatable bonds is 3. The van der Waals surface area contributed by atoms with E-state index >= 15 is 0 Å². The van der Waals surface area contributed by atoms with Crippen LogP contribution < -0.4 is 0 Å². The van der Waals surface area contributed by atoms with Crippen LogP contribution in [-0.4, -0.2) is 71.5 Å². The van der Waals surface area contributed by atoms with Crippen molar-refractivity contribution in [2.75, 3.05) is 32.7 Å². The summed E-state index contributed by atoms with van der Waals surface area (Å²) in [6, 6.07) is 3.94. The lowest BCUT2D eigenvalue weighted by atomic mass is 10.2. The van der Waals surface area contributed by atoms with Gasteiger partial charge in [-0.2, -0.15) is 0 Å². The molecule has 0 aromatic carbocycles. The van der Waals surface area contributed by atoms with Gasteiger partial charge in [0.1, 0.15) is 11.7 Å². The van der Waals surface area contributed by atoms with Gasteiger partial charge in [-0.3, -0.25) is 9.79 Å². The summed E-state index contributed by atoms with van der Waals surface area (Å²) in [6.45, 7) is 6.01. The lowest BCUT2D eigenvalue weighted by Gasteiger charge is -2.36. The molecule has 4 rings (SSSR count). The summed E-state index contributed by atoms with van der Waals surface area (Å²) in [4.78, 5) is 28.7. The van der Waals surface area contributed by atoms with E-state index in [1.165, 1.54) is 11.3 Å². The average molecular weight is 378 g/mol. The quantitative estimate of drug-likeness (QED) is 0.813. The molecule has 0 saturated carbocycles. The molecule has 25 heavy (non-hydrogen) atoms. The van der Waals surface area contributed by atoms with Crippen molar-refractivity contribution in [2.45, 2.75) is 19.4 Å². The molecule has 1 fully saturated rings. The van der Waals surface area contributed by atoms with Gasteiger partial charge in [-0.15, -0.1) is 11.3 Å². The predicted molar refractivity (Wildman–Crippen MR) is 102 cm³/mol. The highest BCUT2D eigenvalue weighted by molar-refractivity contribution is 7.17. The number of amides is 1. The van der Waals surface area contributed by atoms with Crippen molar-refractivity contribution in [2.24, 2.45) is 9.98 Å². The van der Waals surface area contributed by atoms with E-state index in [1.54, 1.807) is 12.1 Å². The molecule has 8 heteroatoms. The van der Waals surface area contributed by atoms with E-state index in [0.717, 1.165) is 37.7 Å². The Morgan fingerprint density at radius 3 is 2.80 bits per heavy atom. The topological polar surface area (TPSA) is 51.5 Å². The van der Waals surface area contributed by atoms with Crippen molar-refractivity contribution in [3.05, 3.63) is 33.2 Å². The van der Waals surface area contributed by atoms with Gasteiger partial charge in [0.25, 0.3) is 5.91 Å². The van der Waals surface area contributed by atoms with E-state index in [9.17, 15) is 4.79 Å². The maximum Gasteiger partial charge on any atom is 0.264 e. The molecule has 0 bridgehead atoms.